The van der Waals surface area contributed by atoms with Crippen LogP contribution in [0.2, 0.25) is 6.32 Å². The molecule has 1 atom stereocenters. The van der Waals surface area contributed by atoms with Gasteiger partial charge in [-0.3, -0.25) is 9.69 Å². The van der Waals surface area contributed by atoms with E-state index in [1.54, 1.807) is 6.92 Å². The summed E-state index contributed by atoms with van der Waals surface area (Å²) in [6.07, 6.45) is 1.09. The number of carbonyl (C=O) groups excluding carboxylic acids is 1. The maximum atomic E-state index is 11.0. The summed E-state index contributed by atoms with van der Waals surface area (Å²) in [6, 6.07) is 0.497. The van der Waals surface area contributed by atoms with Gasteiger partial charge in [0, 0.05) is 19.1 Å². The number of rotatable bonds is 7. The topological polar surface area (TPSA) is 32.3 Å². The summed E-state index contributed by atoms with van der Waals surface area (Å²) < 4.78 is 0. The Labute approximate surface area is 82.3 Å². The van der Waals surface area contributed by atoms with Crippen molar-refractivity contribution in [2.75, 3.05) is 26.7 Å². The van der Waals surface area contributed by atoms with E-state index in [1.807, 2.05) is 7.05 Å². The van der Waals surface area contributed by atoms with Crippen LogP contribution in [0.25, 0.3) is 0 Å². The van der Waals surface area contributed by atoms with Crippen molar-refractivity contribution in [2.24, 2.45) is 0 Å². The zero-order valence-corrected chi connectivity index (χ0v) is 9.26. The second-order valence-electron chi connectivity index (χ2n) is 3.53. The van der Waals surface area contributed by atoms with Crippen molar-refractivity contribution < 1.29 is 4.79 Å². The molecule has 0 radical (unpaired) electrons. The third-order valence-corrected chi connectivity index (χ3v) is 2.29. The lowest BCUT2D eigenvalue weighted by molar-refractivity contribution is -0.118. The van der Waals surface area contributed by atoms with Crippen LogP contribution in [0, 0.1) is 0 Å². The van der Waals surface area contributed by atoms with Crippen molar-refractivity contribution in [2.45, 2.75) is 26.2 Å². The van der Waals surface area contributed by atoms with Gasteiger partial charge in [0.05, 0.1) is 6.54 Å². The molecule has 0 saturated carbocycles. The van der Waals surface area contributed by atoms with Crippen LogP contribution in [-0.2, 0) is 4.79 Å². The molecule has 0 aromatic rings. The van der Waals surface area contributed by atoms with Gasteiger partial charge >= 0.3 is 0 Å². The molecule has 1 N–H and O–H groups in total. The van der Waals surface area contributed by atoms with E-state index in [1.165, 1.54) is 0 Å². The number of likely N-dealkylation sites (N-methyl/N-ethyl adjacent to an activating group) is 1. The molecule has 0 heterocycles. The fourth-order valence-electron chi connectivity index (χ4n) is 1.25. The van der Waals surface area contributed by atoms with Gasteiger partial charge in [-0.1, -0.05) is 13.2 Å². The Morgan fingerprint density at radius 1 is 1.62 bits per heavy atom. The largest absolute Gasteiger partial charge is 0.318 e. The van der Waals surface area contributed by atoms with Crippen LogP contribution < -0.4 is 5.32 Å². The first kappa shape index (κ1) is 12.7. The average Bonchev–Trinajstić information content (AvgIpc) is 2.10. The SMILES string of the molecule is BCC(C)N(CCNC)CC(C)=O. The van der Waals surface area contributed by atoms with Crippen LogP contribution >= 0.6 is 0 Å². The number of hydrogen-bond acceptors (Lipinski definition) is 3. The van der Waals surface area contributed by atoms with E-state index in [9.17, 15) is 4.79 Å². The molecule has 76 valence electrons. The Bertz CT molecular complexity index is 153. The van der Waals surface area contributed by atoms with Crippen molar-refractivity contribution in [3.8, 4) is 0 Å². The highest BCUT2D eigenvalue weighted by molar-refractivity contribution is 6.08. The Kier molecular flexibility index (Phi) is 6.91. The molecule has 0 rings (SSSR count). The highest BCUT2D eigenvalue weighted by Gasteiger charge is 2.12. The molecule has 4 heteroatoms. The van der Waals surface area contributed by atoms with Gasteiger partial charge in [0.15, 0.2) is 0 Å². The van der Waals surface area contributed by atoms with Gasteiger partial charge in [0.1, 0.15) is 13.6 Å². The maximum absolute atomic E-state index is 11.0. The molecule has 13 heavy (non-hydrogen) atoms. The van der Waals surface area contributed by atoms with E-state index in [4.69, 9.17) is 0 Å². The number of nitrogens with one attached hydrogen (secondary N) is 1. The predicted octanol–water partition coefficient (Wildman–Crippen LogP) is -0.463. The van der Waals surface area contributed by atoms with Crippen molar-refractivity contribution in [1.29, 1.82) is 0 Å². The quantitative estimate of drug-likeness (QED) is 0.543. The van der Waals surface area contributed by atoms with Gasteiger partial charge in [-0.05, 0) is 14.0 Å². The van der Waals surface area contributed by atoms with Crippen molar-refractivity contribution in [1.82, 2.24) is 10.2 Å². The molecule has 0 aliphatic rings. The highest BCUT2D eigenvalue weighted by Crippen LogP contribution is 2.01. The summed E-state index contributed by atoms with van der Waals surface area (Å²) in [6.45, 7) is 6.28. The molecule has 0 fully saturated rings. The summed E-state index contributed by atoms with van der Waals surface area (Å²) in [5.74, 6) is 0.247. The fraction of sp³-hybridized carbons (Fsp3) is 0.889. The minimum Gasteiger partial charge on any atom is -0.318 e. The minimum atomic E-state index is 0.247. The van der Waals surface area contributed by atoms with E-state index in [-0.39, 0.29) is 5.78 Å². The zero-order chi connectivity index (χ0) is 10.3. The number of Topliss-reactive ketones (excluding diaryl/α,β-unsaturated/α-hetero) is 1. The number of hydrogen-bond donors (Lipinski definition) is 1. The van der Waals surface area contributed by atoms with Crippen LogP contribution in [0.5, 0.6) is 0 Å². The molecule has 0 saturated heterocycles. The van der Waals surface area contributed by atoms with E-state index < -0.39 is 0 Å². The molecule has 3 nitrogen and oxygen atoms in total. The van der Waals surface area contributed by atoms with Gasteiger partial charge in [0.25, 0.3) is 0 Å². The lowest BCUT2D eigenvalue weighted by atomic mass is 9.97. The first-order chi connectivity index (χ1) is 6.11. The first-order valence-corrected chi connectivity index (χ1v) is 4.99. The molecule has 0 bridgehead atoms. The van der Waals surface area contributed by atoms with Gasteiger partial charge < -0.3 is 5.32 Å². The third-order valence-electron chi connectivity index (χ3n) is 2.29. The Morgan fingerprint density at radius 2 is 2.23 bits per heavy atom. The molecule has 0 aromatic carbocycles. The second-order valence-corrected chi connectivity index (χ2v) is 3.53. The molecule has 0 aliphatic heterocycles. The number of nitrogens with zero attached hydrogens (tertiary/aromatic N) is 1. The van der Waals surface area contributed by atoms with Crippen molar-refractivity contribution in [3.05, 3.63) is 0 Å². The van der Waals surface area contributed by atoms with Gasteiger partial charge in [-0.15, -0.1) is 0 Å². The highest BCUT2D eigenvalue weighted by atomic mass is 16.1. The summed E-state index contributed by atoms with van der Waals surface area (Å²) >= 11 is 0. The molecule has 0 aromatic heterocycles. The monoisotopic (exact) mass is 184 g/mol. The van der Waals surface area contributed by atoms with Crippen LogP contribution in [0.4, 0.5) is 0 Å². The summed E-state index contributed by atoms with van der Waals surface area (Å²) in [4.78, 5) is 13.2. The lowest BCUT2D eigenvalue weighted by Crippen LogP contribution is -2.40. The molecule has 0 spiro atoms. The maximum Gasteiger partial charge on any atom is 0.143 e. The molecular weight excluding hydrogens is 163 g/mol. The van der Waals surface area contributed by atoms with Crippen molar-refractivity contribution in [3.63, 3.8) is 0 Å². The summed E-state index contributed by atoms with van der Waals surface area (Å²) in [7, 11) is 4.08. The third kappa shape index (κ3) is 5.83. The van der Waals surface area contributed by atoms with Gasteiger partial charge in [-0.25, -0.2) is 0 Å². The van der Waals surface area contributed by atoms with E-state index in [0.29, 0.717) is 12.6 Å². The second kappa shape index (κ2) is 7.10. The summed E-state index contributed by atoms with van der Waals surface area (Å²) in [5.41, 5.74) is 0. The molecule has 0 aliphatic carbocycles. The standard InChI is InChI=1S/C9H21BN2O/c1-8(6-10)12(5-4-11-3)7-9(2)13/h8,11H,4-7,10H2,1-3H3. The Balaban J connectivity index is 3.94. The smallest absolute Gasteiger partial charge is 0.143 e. The van der Waals surface area contributed by atoms with Gasteiger partial charge in [0.2, 0.25) is 0 Å². The molecule has 0 amide bonds. The van der Waals surface area contributed by atoms with E-state index >= 15 is 0 Å². The average molecular weight is 184 g/mol. The number of carbonyl (C=O) groups is 1. The fourth-order valence-corrected chi connectivity index (χ4v) is 1.25. The Hall–Kier alpha value is -0.345. The normalized spacial score (nSPS) is 13.2. The van der Waals surface area contributed by atoms with E-state index in [2.05, 4.69) is 25.0 Å². The zero-order valence-electron chi connectivity index (χ0n) is 9.26. The van der Waals surface area contributed by atoms with Crippen LogP contribution in [0.3, 0.4) is 0 Å². The number of ketones is 1. The van der Waals surface area contributed by atoms with Crippen LogP contribution in [-0.4, -0.2) is 51.3 Å². The van der Waals surface area contributed by atoms with E-state index in [0.717, 1.165) is 19.4 Å². The van der Waals surface area contributed by atoms with Gasteiger partial charge in [-0.2, -0.15) is 0 Å². The predicted molar refractivity (Wildman–Crippen MR) is 59.0 cm³/mol. The first-order valence-electron chi connectivity index (χ1n) is 4.99. The summed E-state index contributed by atoms with van der Waals surface area (Å²) in [5, 5.41) is 3.10. The lowest BCUT2D eigenvalue weighted by Gasteiger charge is -2.27. The van der Waals surface area contributed by atoms with Crippen molar-refractivity contribution >= 4 is 13.6 Å². The minimum absolute atomic E-state index is 0.247. The van der Waals surface area contributed by atoms with Crippen LogP contribution in [0.15, 0.2) is 0 Å². The molecule has 1 unspecified atom stereocenters. The Morgan fingerprint density at radius 3 is 2.62 bits per heavy atom. The molecular formula is C9H21BN2O. The van der Waals surface area contributed by atoms with Crippen LogP contribution in [0.1, 0.15) is 13.8 Å².